The summed E-state index contributed by atoms with van der Waals surface area (Å²) in [6.45, 7) is -0.0896. The molecule has 102 valence electrons. The monoisotopic (exact) mass is 356 g/mol. The van der Waals surface area contributed by atoms with Gasteiger partial charge in [0.25, 0.3) is 0 Å². The average molecular weight is 357 g/mol. The predicted molar refractivity (Wildman–Crippen MR) is 71.5 cm³/mol. The maximum Gasteiger partial charge on any atom is 0.244 e. The van der Waals surface area contributed by atoms with Gasteiger partial charge in [-0.05, 0) is 22.0 Å². The van der Waals surface area contributed by atoms with Gasteiger partial charge in [-0.15, -0.1) is 0 Å². The Labute approximate surface area is 115 Å². The Morgan fingerprint density at radius 3 is 2.39 bits per heavy atom. The van der Waals surface area contributed by atoms with Gasteiger partial charge in [-0.25, -0.2) is 16.8 Å². The standard InChI is InChI=1S/C9H13BrN2O4S2/c1-12(3-4-17(2,13)14)18(15,16)9-5-8(10)6-11-7-9/h5-7H,3-4H2,1-2H3. The Hall–Kier alpha value is -0.510. The summed E-state index contributed by atoms with van der Waals surface area (Å²) < 4.78 is 47.7. The largest absolute Gasteiger partial charge is 0.262 e. The van der Waals surface area contributed by atoms with Gasteiger partial charge in [-0.1, -0.05) is 0 Å². The summed E-state index contributed by atoms with van der Waals surface area (Å²) in [6, 6.07) is 1.42. The molecule has 0 atom stereocenters. The molecule has 0 N–H and O–H groups in total. The molecular formula is C9H13BrN2O4S2. The zero-order chi connectivity index (χ0) is 14.0. The second-order valence-electron chi connectivity index (χ2n) is 3.80. The van der Waals surface area contributed by atoms with Crippen molar-refractivity contribution in [2.45, 2.75) is 4.90 Å². The van der Waals surface area contributed by atoms with E-state index in [1.807, 2.05) is 0 Å². The molecule has 0 fully saturated rings. The second kappa shape index (κ2) is 5.64. The van der Waals surface area contributed by atoms with Crippen LogP contribution in [0, 0.1) is 0 Å². The highest BCUT2D eigenvalue weighted by molar-refractivity contribution is 9.10. The Morgan fingerprint density at radius 2 is 1.89 bits per heavy atom. The third-order valence-corrected chi connectivity index (χ3v) is 5.34. The van der Waals surface area contributed by atoms with Crippen LogP contribution in [0.2, 0.25) is 0 Å². The van der Waals surface area contributed by atoms with Gasteiger partial charge in [0.1, 0.15) is 14.7 Å². The van der Waals surface area contributed by atoms with Crippen molar-refractivity contribution in [3.8, 4) is 0 Å². The van der Waals surface area contributed by atoms with E-state index in [1.165, 1.54) is 25.5 Å². The summed E-state index contributed by atoms with van der Waals surface area (Å²) in [5.41, 5.74) is 0. The Bertz CT molecular complexity index is 628. The van der Waals surface area contributed by atoms with Gasteiger partial charge in [0.15, 0.2) is 0 Å². The fourth-order valence-corrected chi connectivity index (χ4v) is 3.53. The molecule has 0 aromatic carbocycles. The molecule has 0 saturated carbocycles. The van der Waals surface area contributed by atoms with Gasteiger partial charge in [-0.3, -0.25) is 4.98 Å². The van der Waals surface area contributed by atoms with E-state index in [9.17, 15) is 16.8 Å². The van der Waals surface area contributed by atoms with Crippen LogP contribution in [0.1, 0.15) is 0 Å². The minimum absolute atomic E-state index is 0.0212. The molecular weight excluding hydrogens is 344 g/mol. The minimum atomic E-state index is -3.71. The van der Waals surface area contributed by atoms with E-state index in [-0.39, 0.29) is 17.2 Å². The molecule has 0 radical (unpaired) electrons. The van der Waals surface area contributed by atoms with Crippen molar-refractivity contribution in [1.29, 1.82) is 0 Å². The molecule has 18 heavy (non-hydrogen) atoms. The number of aromatic nitrogens is 1. The summed E-state index contributed by atoms with van der Waals surface area (Å²) >= 11 is 3.13. The van der Waals surface area contributed by atoms with Crippen LogP contribution in [-0.2, 0) is 19.9 Å². The maximum atomic E-state index is 12.1. The van der Waals surface area contributed by atoms with Crippen LogP contribution in [-0.4, -0.2) is 51.7 Å². The van der Waals surface area contributed by atoms with E-state index in [4.69, 9.17) is 0 Å². The molecule has 0 bridgehead atoms. The first-order valence-corrected chi connectivity index (χ1v) is 9.17. The van der Waals surface area contributed by atoms with Crippen molar-refractivity contribution < 1.29 is 16.8 Å². The number of nitrogens with zero attached hydrogens (tertiary/aromatic N) is 2. The van der Waals surface area contributed by atoms with Crippen LogP contribution in [0.3, 0.4) is 0 Å². The zero-order valence-corrected chi connectivity index (χ0v) is 13.1. The smallest absolute Gasteiger partial charge is 0.244 e. The quantitative estimate of drug-likeness (QED) is 0.767. The van der Waals surface area contributed by atoms with Crippen LogP contribution < -0.4 is 0 Å². The number of hydrogen-bond acceptors (Lipinski definition) is 5. The number of pyridine rings is 1. The summed E-state index contributed by atoms with van der Waals surface area (Å²) in [5, 5.41) is 0. The zero-order valence-electron chi connectivity index (χ0n) is 9.87. The van der Waals surface area contributed by atoms with Gasteiger partial charge < -0.3 is 0 Å². The molecule has 0 aliphatic heterocycles. The number of hydrogen-bond donors (Lipinski definition) is 0. The van der Waals surface area contributed by atoms with Gasteiger partial charge >= 0.3 is 0 Å². The lowest BCUT2D eigenvalue weighted by atomic mass is 10.5. The van der Waals surface area contributed by atoms with Gasteiger partial charge in [0.05, 0.1) is 5.75 Å². The minimum Gasteiger partial charge on any atom is -0.262 e. The highest BCUT2D eigenvalue weighted by Crippen LogP contribution is 2.17. The second-order valence-corrected chi connectivity index (χ2v) is 9.02. The molecule has 1 rings (SSSR count). The van der Waals surface area contributed by atoms with Crippen molar-refractivity contribution in [2.24, 2.45) is 0 Å². The lowest BCUT2D eigenvalue weighted by molar-refractivity contribution is 0.484. The molecule has 0 unspecified atom stereocenters. The Balaban J connectivity index is 2.93. The van der Waals surface area contributed by atoms with Crippen molar-refractivity contribution >= 4 is 35.8 Å². The molecule has 0 aliphatic rings. The van der Waals surface area contributed by atoms with E-state index in [2.05, 4.69) is 20.9 Å². The predicted octanol–water partition coefficient (Wildman–Crippen LogP) is 0.509. The van der Waals surface area contributed by atoms with E-state index in [0.29, 0.717) is 4.47 Å². The Morgan fingerprint density at radius 1 is 1.28 bits per heavy atom. The van der Waals surface area contributed by atoms with Crippen molar-refractivity contribution in [2.75, 3.05) is 25.6 Å². The first-order valence-electron chi connectivity index (χ1n) is 4.87. The lowest BCUT2D eigenvalue weighted by Gasteiger charge is -2.16. The van der Waals surface area contributed by atoms with Crippen molar-refractivity contribution in [3.05, 3.63) is 22.9 Å². The molecule has 1 aromatic rings. The topological polar surface area (TPSA) is 84.4 Å². The van der Waals surface area contributed by atoms with Crippen LogP contribution in [0.4, 0.5) is 0 Å². The van der Waals surface area contributed by atoms with Crippen LogP contribution in [0.15, 0.2) is 27.8 Å². The highest BCUT2D eigenvalue weighted by Gasteiger charge is 2.22. The normalized spacial score (nSPS) is 12.9. The molecule has 0 saturated heterocycles. The Kier molecular flexibility index (Phi) is 4.87. The maximum absolute atomic E-state index is 12.1. The first-order chi connectivity index (χ1) is 8.13. The first kappa shape index (κ1) is 15.5. The van der Waals surface area contributed by atoms with E-state index in [1.54, 1.807) is 0 Å². The fraction of sp³-hybridized carbons (Fsp3) is 0.444. The molecule has 0 aliphatic carbocycles. The van der Waals surface area contributed by atoms with Gasteiger partial charge in [-0.2, -0.15) is 4.31 Å². The average Bonchev–Trinajstić information content (AvgIpc) is 2.24. The molecule has 0 amide bonds. The molecule has 9 heteroatoms. The molecule has 6 nitrogen and oxygen atoms in total. The molecule has 0 spiro atoms. The van der Waals surface area contributed by atoms with E-state index >= 15 is 0 Å². The summed E-state index contributed by atoms with van der Waals surface area (Å²) in [7, 11) is -5.57. The molecule has 1 heterocycles. The highest BCUT2D eigenvalue weighted by atomic mass is 79.9. The summed E-state index contributed by atoms with van der Waals surface area (Å²) in [6.07, 6.45) is 3.75. The lowest BCUT2D eigenvalue weighted by Crippen LogP contribution is -2.31. The van der Waals surface area contributed by atoms with E-state index in [0.717, 1.165) is 10.6 Å². The van der Waals surface area contributed by atoms with Crippen molar-refractivity contribution in [1.82, 2.24) is 9.29 Å². The van der Waals surface area contributed by atoms with E-state index < -0.39 is 19.9 Å². The summed E-state index contributed by atoms with van der Waals surface area (Å²) in [4.78, 5) is 3.79. The third kappa shape index (κ3) is 4.30. The SMILES string of the molecule is CN(CCS(C)(=O)=O)S(=O)(=O)c1cncc(Br)c1. The molecule has 1 aromatic heterocycles. The number of sulfonamides is 1. The summed E-state index contributed by atoms with van der Waals surface area (Å²) in [5.74, 6) is -0.218. The fourth-order valence-electron chi connectivity index (χ4n) is 1.13. The third-order valence-electron chi connectivity index (χ3n) is 2.16. The number of sulfone groups is 1. The van der Waals surface area contributed by atoms with Crippen LogP contribution in [0.25, 0.3) is 0 Å². The number of halogens is 1. The number of rotatable bonds is 5. The van der Waals surface area contributed by atoms with Crippen molar-refractivity contribution in [3.63, 3.8) is 0 Å². The van der Waals surface area contributed by atoms with Gasteiger partial charge in [0.2, 0.25) is 10.0 Å². The van der Waals surface area contributed by atoms with Crippen LogP contribution in [0.5, 0.6) is 0 Å². The van der Waals surface area contributed by atoms with Gasteiger partial charge in [0, 0.05) is 36.7 Å². The van der Waals surface area contributed by atoms with Crippen LogP contribution >= 0.6 is 15.9 Å².